The average molecular weight is 325 g/mol. The van der Waals surface area contributed by atoms with Crippen molar-refractivity contribution in [3.8, 4) is 0 Å². The Hall–Kier alpha value is -1.86. The summed E-state index contributed by atoms with van der Waals surface area (Å²) in [7, 11) is -3.22. The van der Waals surface area contributed by atoms with Crippen LogP contribution >= 0.6 is 11.3 Å². The molecule has 0 bridgehead atoms. The van der Waals surface area contributed by atoms with Gasteiger partial charge in [0.2, 0.25) is 0 Å². The maximum Gasteiger partial charge on any atom is 0.308 e. The highest BCUT2D eigenvalue weighted by molar-refractivity contribution is 7.90. The van der Waals surface area contributed by atoms with Crippen molar-refractivity contribution in [2.24, 2.45) is 0 Å². The summed E-state index contributed by atoms with van der Waals surface area (Å²) in [5.41, 5.74) is 0.714. The Labute approximate surface area is 127 Å². The van der Waals surface area contributed by atoms with Crippen molar-refractivity contribution in [3.05, 3.63) is 46.2 Å². The number of nitrogens with one attached hydrogen (secondary N) is 1. The summed E-state index contributed by atoms with van der Waals surface area (Å²) in [6.45, 7) is 0.525. The number of thiophene rings is 1. The van der Waals surface area contributed by atoms with Gasteiger partial charge in [0.15, 0.2) is 9.84 Å². The SMILES string of the molecule is CS(=O)(=O)c1cccc(NCc2ccc(CC(=O)O)s2)c1. The first-order chi connectivity index (χ1) is 9.84. The van der Waals surface area contributed by atoms with Gasteiger partial charge in [-0.15, -0.1) is 11.3 Å². The Kier molecular flexibility index (Phi) is 4.64. The molecule has 7 heteroatoms. The van der Waals surface area contributed by atoms with E-state index in [-0.39, 0.29) is 11.3 Å². The van der Waals surface area contributed by atoms with E-state index in [1.165, 1.54) is 17.6 Å². The number of carboxylic acids is 1. The molecule has 0 radical (unpaired) electrons. The molecule has 2 rings (SSSR count). The van der Waals surface area contributed by atoms with E-state index in [9.17, 15) is 13.2 Å². The van der Waals surface area contributed by atoms with E-state index in [1.807, 2.05) is 6.07 Å². The Bertz CT molecular complexity index is 750. The molecule has 1 aromatic heterocycles. The van der Waals surface area contributed by atoms with E-state index in [4.69, 9.17) is 5.11 Å². The molecule has 0 spiro atoms. The van der Waals surface area contributed by atoms with Crippen molar-refractivity contribution < 1.29 is 18.3 Å². The number of aliphatic carboxylic acids is 1. The first kappa shape index (κ1) is 15.5. The third kappa shape index (κ3) is 4.57. The summed E-state index contributed by atoms with van der Waals surface area (Å²) in [5.74, 6) is -0.850. The molecule has 2 N–H and O–H groups in total. The fraction of sp³-hybridized carbons (Fsp3) is 0.214. The van der Waals surface area contributed by atoms with Gasteiger partial charge in [0.1, 0.15) is 0 Å². The van der Waals surface area contributed by atoms with Gasteiger partial charge in [-0.05, 0) is 30.3 Å². The lowest BCUT2D eigenvalue weighted by atomic mass is 10.3. The minimum atomic E-state index is -3.22. The van der Waals surface area contributed by atoms with Crippen molar-refractivity contribution in [2.75, 3.05) is 11.6 Å². The van der Waals surface area contributed by atoms with E-state index in [2.05, 4.69) is 5.32 Å². The number of carboxylic acid groups (broad SMARTS) is 1. The van der Waals surface area contributed by atoms with Gasteiger partial charge in [0, 0.05) is 28.2 Å². The van der Waals surface area contributed by atoms with E-state index in [1.54, 1.807) is 30.3 Å². The molecule has 1 heterocycles. The van der Waals surface area contributed by atoms with Crippen LogP contribution in [0.3, 0.4) is 0 Å². The van der Waals surface area contributed by atoms with Crippen molar-refractivity contribution in [2.45, 2.75) is 17.9 Å². The molecule has 0 unspecified atom stereocenters. The van der Waals surface area contributed by atoms with Crippen molar-refractivity contribution in [3.63, 3.8) is 0 Å². The van der Waals surface area contributed by atoms with Crippen molar-refractivity contribution in [1.29, 1.82) is 0 Å². The monoisotopic (exact) mass is 325 g/mol. The first-order valence-corrected chi connectivity index (χ1v) is 8.89. The molecule has 0 fully saturated rings. The van der Waals surface area contributed by atoms with Crippen LogP contribution in [0.4, 0.5) is 5.69 Å². The Balaban J connectivity index is 2.03. The third-order valence-corrected chi connectivity index (χ3v) is 4.97. The number of hydrogen-bond donors (Lipinski definition) is 2. The Morgan fingerprint density at radius 1 is 1.24 bits per heavy atom. The summed E-state index contributed by atoms with van der Waals surface area (Å²) in [6, 6.07) is 10.3. The normalized spacial score (nSPS) is 11.3. The smallest absolute Gasteiger partial charge is 0.308 e. The van der Waals surface area contributed by atoms with Gasteiger partial charge >= 0.3 is 5.97 Å². The molecule has 21 heavy (non-hydrogen) atoms. The second kappa shape index (κ2) is 6.28. The number of benzene rings is 1. The predicted octanol–water partition coefficient (Wildman–Crippen LogP) is 2.39. The Morgan fingerprint density at radius 2 is 1.95 bits per heavy atom. The highest BCUT2D eigenvalue weighted by Gasteiger charge is 2.08. The van der Waals surface area contributed by atoms with Crippen LogP contribution in [0, 0.1) is 0 Å². The van der Waals surface area contributed by atoms with Gasteiger partial charge in [-0.1, -0.05) is 6.07 Å². The van der Waals surface area contributed by atoms with Gasteiger partial charge in [-0.3, -0.25) is 4.79 Å². The first-order valence-electron chi connectivity index (χ1n) is 6.18. The van der Waals surface area contributed by atoms with Crippen molar-refractivity contribution in [1.82, 2.24) is 0 Å². The molecule has 2 aromatic rings. The topological polar surface area (TPSA) is 83.5 Å². The van der Waals surface area contributed by atoms with E-state index < -0.39 is 15.8 Å². The number of rotatable bonds is 6. The van der Waals surface area contributed by atoms with Crippen LogP contribution in [0.5, 0.6) is 0 Å². The molecule has 0 aliphatic heterocycles. The Morgan fingerprint density at radius 3 is 2.62 bits per heavy atom. The molecule has 0 amide bonds. The summed E-state index contributed by atoms with van der Waals surface area (Å²) in [6.07, 6.45) is 1.19. The van der Waals surface area contributed by atoms with E-state index in [0.717, 1.165) is 9.75 Å². The van der Waals surface area contributed by atoms with Crippen LogP contribution in [0.2, 0.25) is 0 Å². The highest BCUT2D eigenvalue weighted by atomic mass is 32.2. The van der Waals surface area contributed by atoms with Gasteiger partial charge < -0.3 is 10.4 Å². The molecule has 1 aromatic carbocycles. The maximum absolute atomic E-state index is 11.5. The van der Waals surface area contributed by atoms with Crippen LogP contribution in [-0.2, 0) is 27.6 Å². The summed E-state index contributed by atoms with van der Waals surface area (Å²) >= 11 is 1.43. The fourth-order valence-electron chi connectivity index (χ4n) is 1.79. The lowest BCUT2D eigenvalue weighted by Gasteiger charge is -2.06. The van der Waals surface area contributed by atoms with Crippen LogP contribution in [0.1, 0.15) is 9.75 Å². The number of anilines is 1. The molecule has 0 saturated heterocycles. The fourth-order valence-corrected chi connectivity index (χ4v) is 3.40. The summed E-state index contributed by atoms with van der Waals surface area (Å²) < 4.78 is 23.0. The van der Waals surface area contributed by atoms with Gasteiger partial charge in [0.25, 0.3) is 0 Å². The quantitative estimate of drug-likeness (QED) is 0.852. The average Bonchev–Trinajstić information content (AvgIpc) is 2.82. The minimum Gasteiger partial charge on any atom is -0.481 e. The van der Waals surface area contributed by atoms with Crippen LogP contribution in [0.25, 0.3) is 0 Å². The molecule has 0 atom stereocenters. The molecule has 5 nitrogen and oxygen atoms in total. The lowest BCUT2D eigenvalue weighted by molar-refractivity contribution is -0.136. The molecule has 0 aliphatic rings. The molecule has 0 saturated carbocycles. The van der Waals surface area contributed by atoms with E-state index in [0.29, 0.717) is 12.2 Å². The van der Waals surface area contributed by atoms with Crippen LogP contribution < -0.4 is 5.32 Å². The zero-order valence-corrected chi connectivity index (χ0v) is 13.0. The number of hydrogen-bond acceptors (Lipinski definition) is 5. The number of carbonyl (C=O) groups is 1. The van der Waals surface area contributed by atoms with Gasteiger partial charge in [0.05, 0.1) is 11.3 Å². The predicted molar refractivity (Wildman–Crippen MR) is 82.5 cm³/mol. The van der Waals surface area contributed by atoms with Crippen LogP contribution in [0.15, 0.2) is 41.3 Å². The zero-order valence-electron chi connectivity index (χ0n) is 11.4. The number of sulfone groups is 1. The summed E-state index contributed by atoms with van der Waals surface area (Å²) in [5, 5.41) is 11.9. The lowest BCUT2D eigenvalue weighted by Crippen LogP contribution is -2.01. The second-order valence-corrected chi connectivity index (χ2v) is 7.86. The molecule has 0 aliphatic carbocycles. The zero-order chi connectivity index (χ0) is 15.5. The van der Waals surface area contributed by atoms with E-state index >= 15 is 0 Å². The molecular formula is C14H15NO4S2. The summed E-state index contributed by atoms with van der Waals surface area (Å²) in [4.78, 5) is 12.7. The maximum atomic E-state index is 11.5. The molecule has 112 valence electrons. The standard InChI is InChI=1S/C14H15NO4S2/c1-21(18,19)13-4-2-3-10(7-13)15-9-12-6-5-11(20-12)8-14(16)17/h2-7,15H,8-9H2,1H3,(H,16,17). The minimum absolute atomic E-state index is 0.0221. The third-order valence-electron chi connectivity index (χ3n) is 2.77. The molecular weight excluding hydrogens is 310 g/mol. The van der Waals surface area contributed by atoms with Gasteiger partial charge in [-0.2, -0.15) is 0 Å². The largest absolute Gasteiger partial charge is 0.481 e. The van der Waals surface area contributed by atoms with Crippen molar-refractivity contribution >= 4 is 32.8 Å². The highest BCUT2D eigenvalue weighted by Crippen LogP contribution is 2.20. The van der Waals surface area contributed by atoms with Crippen LogP contribution in [-0.4, -0.2) is 25.7 Å². The van der Waals surface area contributed by atoms with Gasteiger partial charge in [-0.25, -0.2) is 8.42 Å². The second-order valence-electron chi connectivity index (χ2n) is 4.59.